The normalized spacial score (nSPS) is 10.1. The molecule has 0 amide bonds. The van der Waals surface area contributed by atoms with Gasteiger partial charge in [0.2, 0.25) is 0 Å². The average molecular weight is 263 g/mol. The van der Waals surface area contributed by atoms with E-state index in [1.54, 1.807) is 24.3 Å². The largest absolute Gasteiger partial charge is 0.497 e. The van der Waals surface area contributed by atoms with Crippen molar-refractivity contribution >= 4 is 17.6 Å². The molecule has 0 aliphatic carbocycles. The molecule has 0 saturated carbocycles. The lowest BCUT2D eigenvalue weighted by Crippen LogP contribution is -1.97. The van der Waals surface area contributed by atoms with Crippen LogP contribution >= 0.6 is 11.6 Å². The maximum atomic E-state index is 11.0. The molecule has 2 aromatic carbocycles. The molecular weight excluding hydrogens is 252 g/mol. The zero-order chi connectivity index (χ0) is 13.1. The summed E-state index contributed by atoms with van der Waals surface area (Å²) in [5, 5.41) is 9.68. The Hall–Kier alpha value is -2.00. The molecule has 92 valence electrons. The Morgan fingerprint density at radius 1 is 1.11 bits per heavy atom. The summed E-state index contributed by atoms with van der Waals surface area (Å²) in [6.07, 6.45) is 0. The van der Waals surface area contributed by atoms with Gasteiger partial charge in [0.25, 0.3) is 0 Å². The van der Waals surface area contributed by atoms with Gasteiger partial charge in [-0.1, -0.05) is 23.7 Å². The maximum Gasteiger partial charge on any atom is 0.335 e. The molecule has 0 spiro atoms. The van der Waals surface area contributed by atoms with Gasteiger partial charge in [0.1, 0.15) is 5.75 Å². The van der Waals surface area contributed by atoms with Crippen LogP contribution in [0.5, 0.6) is 5.75 Å². The van der Waals surface area contributed by atoms with E-state index in [4.69, 9.17) is 21.4 Å². The van der Waals surface area contributed by atoms with Crippen LogP contribution in [-0.2, 0) is 0 Å². The lowest BCUT2D eigenvalue weighted by Gasteiger charge is -2.07. The summed E-state index contributed by atoms with van der Waals surface area (Å²) in [5.41, 5.74) is 1.86. The van der Waals surface area contributed by atoms with Crippen molar-refractivity contribution in [1.82, 2.24) is 0 Å². The molecule has 2 rings (SSSR count). The summed E-state index contributed by atoms with van der Waals surface area (Å²) >= 11 is 5.82. The first kappa shape index (κ1) is 12.5. The van der Waals surface area contributed by atoms with Gasteiger partial charge in [0.05, 0.1) is 12.7 Å². The SMILES string of the molecule is COc1cc(C(=O)O)cc(-c2ccc(Cl)cc2)c1. The van der Waals surface area contributed by atoms with E-state index in [1.165, 1.54) is 13.2 Å². The highest BCUT2D eigenvalue weighted by molar-refractivity contribution is 6.30. The van der Waals surface area contributed by atoms with Gasteiger partial charge in [0, 0.05) is 5.02 Å². The van der Waals surface area contributed by atoms with Crippen LogP contribution in [0.4, 0.5) is 0 Å². The summed E-state index contributed by atoms with van der Waals surface area (Å²) in [7, 11) is 1.51. The van der Waals surface area contributed by atoms with Crippen molar-refractivity contribution in [1.29, 1.82) is 0 Å². The second kappa shape index (κ2) is 5.10. The fourth-order valence-electron chi connectivity index (χ4n) is 1.65. The molecule has 0 atom stereocenters. The van der Waals surface area contributed by atoms with Crippen molar-refractivity contribution in [3.63, 3.8) is 0 Å². The van der Waals surface area contributed by atoms with Crippen LogP contribution in [0.25, 0.3) is 11.1 Å². The van der Waals surface area contributed by atoms with Gasteiger partial charge in [0.15, 0.2) is 0 Å². The molecule has 0 aromatic heterocycles. The Bertz CT molecular complexity index is 576. The minimum Gasteiger partial charge on any atom is -0.497 e. The molecular formula is C14H11ClO3. The number of benzene rings is 2. The molecule has 0 saturated heterocycles. The minimum atomic E-state index is -0.982. The van der Waals surface area contributed by atoms with Gasteiger partial charge in [-0.2, -0.15) is 0 Å². The molecule has 0 bridgehead atoms. The van der Waals surface area contributed by atoms with Crippen molar-refractivity contribution in [3.05, 3.63) is 53.1 Å². The Labute approximate surface area is 110 Å². The summed E-state index contributed by atoms with van der Waals surface area (Å²) < 4.78 is 5.10. The van der Waals surface area contributed by atoms with Gasteiger partial charge >= 0.3 is 5.97 Å². The van der Waals surface area contributed by atoms with E-state index in [9.17, 15) is 4.79 Å². The highest BCUT2D eigenvalue weighted by Gasteiger charge is 2.08. The van der Waals surface area contributed by atoms with Crippen molar-refractivity contribution in [2.75, 3.05) is 7.11 Å². The highest BCUT2D eigenvalue weighted by Crippen LogP contribution is 2.27. The molecule has 0 fully saturated rings. The first-order valence-electron chi connectivity index (χ1n) is 5.28. The van der Waals surface area contributed by atoms with Crippen molar-refractivity contribution in [2.45, 2.75) is 0 Å². The average Bonchev–Trinajstić information content (AvgIpc) is 2.39. The first-order valence-corrected chi connectivity index (χ1v) is 5.66. The lowest BCUT2D eigenvalue weighted by molar-refractivity contribution is 0.0696. The standard InChI is InChI=1S/C14H11ClO3/c1-18-13-7-10(6-11(8-13)14(16)17)9-2-4-12(15)5-3-9/h2-8H,1H3,(H,16,17). The van der Waals surface area contributed by atoms with E-state index in [0.717, 1.165) is 11.1 Å². The third-order valence-corrected chi connectivity index (χ3v) is 2.82. The lowest BCUT2D eigenvalue weighted by atomic mass is 10.0. The Balaban J connectivity index is 2.52. The third kappa shape index (κ3) is 2.63. The summed E-state index contributed by atoms with van der Waals surface area (Å²) in [5.74, 6) is -0.469. The molecule has 3 nitrogen and oxygen atoms in total. The van der Waals surface area contributed by atoms with Crippen LogP contribution < -0.4 is 4.74 Å². The number of carboxylic acids is 1. The summed E-state index contributed by atoms with van der Waals surface area (Å²) in [6, 6.07) is 12.1. The molecule has 0 heterocycles. The van der Waals surface area contributed by atoms with E-state index in [0.29, 0.717) is 10.8 Å². The first-order chi connectivity index (χ1) is 8.60. The van der Waals surface area contributed by atoms with E-state index < -0.39 is 5.97 Å². The topological polar surface area (TPSA) is 46.5 Å². The molecule has 0 radical (unpaired) electrons. The number of methoxy groups -OCH3 is 1. The Kier molecular flexibility index (Phi) is 3.53. The number of carboxylic acid groups (broad SMARTS) is 1. The van der Waals surface area contributed by atoms with Crippen LogP contribution in [0.3, 0.4) is 0 Å². The van der Waals surface area contributed by atoms with Crippen molar-refractivity contribution in [3.8, 4) is 16.9 Å². The zero-order valence-electron chi connectivity index (χ0n) is 9.68. The van der Waals surface area contributed by atoms with Gasteiger partial charge < -0.3 is 9.84 Å². The molecule has 4 heteroatoms. The summed E-state index contributed by atoms with van der Waals surface area (Å²) in [4.78, 5) is 11.0. The van der Waals surface area contributed by atoms with E-state index in [2.05, 4.69) is 0 Å². The number of rotatable bonds is 3. The maximum absolute atomic E-state index is 11.0. The third-order valence-electron chi connectivity index (χ3n) is 2.57. The number of hydrogen-bond donors (Lipinski definition) is 1. The number of carbonyl (C=O) groups is 1. The van der Waals surface area contributed by atoms with Crippen LogP contribution in [0, 0.1) is 0 Å². The Morgan fingerprint density at radius 2 is 1.78 bits per heavy atom. The highest BCUT2D eigenvalue weighted by atomic mass is 35.5. The second-order valence-electron chi connectivity index (χ2n) is 3.76. The quantitative estimate of drug-likeness (QED) is 0.917. The molecule has 0 unspecified atom stereocenters. The Morgan fingerprint density at radius 3 is 2.33 bits per heavy atom. The monoisotopic (exact) mass is 262 g/mol. The number of halogens is 1. The second-order valence-corrected chi connectivity index (χ2v) is 4.20. The van der Waals surface area contributed by atoms with Crippen molar-refractivity contribution in [2.24, 2.45) is 0 Å². The molecule has 18 heavy (non-hydrogen) atoms. The van der Waals surface area contributed by atoms with Crippen LogP contribution in [0.1, 0.15) is 10.4 Å². The van der Waals surface area contributed by atoms with Crippen LogP contribution in [-0.4, -0.2) is 18.2 Å². The fraction of sp³-hybridized carbons (Fsp3) is 0.0714. The van der Waals surface area contributed by atoms with Crippen LogP contribution in [0.2, 0.25) is 5.02 Å². The molecule has 2 aromatic rings. The number of hydrogen-bond acceptors (Lipinski definition) is 2. The van der Waals surface area contributed by atoms with Crippen molar-refractivity contribution < 1.29 is 14.6 Å². The molecule has 0 aliphatic heterocycles. The fourth-order valence-corrected chi connectivity index (χ4v) is 1.78. The van der Waals surface area contributed by atoms with Gasteiger partial charge in [-0.3, -0.25) is 0 Å². The predicted molar refractivity (Wildman–Crippen MR) is 70.4 cm³/mol. The smallest absolute Gasteiger partial charge is 0.335 e. The molecule has 0 aliphatic rings. The minimum absolute atomic E-state index is 0.194. The van der Waals surface area contributed by atoms with Gasteiger partial charge in [-0.15, -0.1) is 0 Å². The van der Waals surface area contributed by atoms with E-state index in [1.807, 2.05) is 12.1 Å². The van der Waals surface area contributed by atoms with Gasteiger partial charge in [-0.25, -0.2) is 4.79 Å². The zero-order valence-corrected chi connectivity index (χ0v) is 10.4. The van der Waals surface area contributed by atoms with Crippen LogP contribution in [0.15, 0.2) is 42.5 Å². The van der Waals surface area contributed by atoms with E-state index in [-0.39, 0.29) is 5.56 Å². The predicted octanol–water partition coefficient (Wildman–Crippen LogP) is 3.71. The number of aromatic carboxylic acids is 1. The van der Waals surface area contributed by atoms with E-state index >= 15 is 0 Å². The number of ether oxygens (including phenoxy) is 1. The molecule has 1 N–H and O–H groups in total. The van der Waals surface area contributed by atoms with Gasteiger partial charge in [-0.05, 0) is 41.5 Å². The summed E-state index contributed by atoms with van der Waals surface area (Å²) in [6.45, 7) is 0.